The number of hydrogen-bond acceptors (Lipinski definition) is 4. The number of fused-ring (bicyclic) bond motifs is 5. The molecule has 1 aromatic rings. The van der Waals surface area contributed by atoms with Gasteiger partial charge in [0.2, 0.25) is 0 Å². The van der Waals surface area contributed by atoms with Gasteiger partial charge in [-0.15, -0.1) is 0 Å². The zero-order valence-corrected chi connectivity index (χ0v) is 22.1. The van der Waals surface area contributed by atoms with Crippen LogP contribution in [-0.2, 0) is 20.6 Å². The van der Waals surface area contributed by atoms with Gasteiger partial charge >= 0.3 is 0 Å². The minimum atomic E-state index is -0.812. The van der Waals surface area contributed by atoms with Crippen LogP contribution in [0.15, 0.2) is 47.6 Å². The Morgan fingerprint density at radius 2 is 1.75 bits per heavy atom. The SMILES string of the molecule is C=C1CCO[C@]12CCC1C3CC[C@@]4(O)CC5(CCC4=C3[C@@H](c3ccc(CC)cc3)C[C@@]12C)OCCO5. The first kappa shape index (κ1) is 23.6. The van der Waals surface area contributed by atoms with Crippen LogP contribution in [0.25, 0.3) is 0 Å². The number of hydrogen-bond donors (Lipinski definition) is 1. The molecule has 5 fully saturated rings. The third-order valence-electron chi connectivity index (χ3n) is 11.5. The summed E-state index contributed by atoms with van der Waals surface area (Å²) in [5, 5.41) is 12.2. The molecular formula is C32H42O4. The molecule has 4 heteroatoms. The molecule has 36 heavy (non-hydrogen) atoms. The van der Waals surface area contributed by atoms with E-state index >= 15 is 0 Å². The van der Waals surface area contributed by atoms with E-state index in [0.29, 0.717) is 37.4 Å². The topological polar surface area (TPSA) is 47.9 Å². The highest BCUT2D eigenvalue weighted by molar-refractivity contribution is 5.45. The van der Waals surface area contributed by atoms with Crippen LogP contribution in [0.3, 0.4) is 0 Å². The monoisotopic (exact) mass is 490 g/mol. The minimum absolute atomic E-state index is 0.0758. The molecular weight excluding hydrogens is 448 g/mol. The Labute approximate surface area is 216 Å². The minimum Gasteiger partial charge on any atom is -0.385 e. The maximum atomic E-state index is 12.2. The highest BCUT2D eigenvalue weighted by atomic mass is 16.7. The molecule has 1 aromatic carbocycles. The highest BCUT2D eigenvalue weighted by Crippen LogP contribution is 2.70. The number of rotatable bonds is 2. The molecule has 0 amide bonds. The summed E-state index contributed by atoms with van der Waals surface area (Å²) in [5.41, 5.74) is 6.08. The lowest BCUT2D eigenvalue weighted by atomic mass is 9.49. The number of allylic oxidation sites excluding steroid dienone is 1. The molecule has 6 atom stereocenters. The molecule has 2 aliphatic heterocycles. The number of ether oxygens (including phenoxy) is 3. The van der Waals surface area contributed by atoms with Gasteiger partial charge in [0.15, 0.2) is 5.79 Å². The van der Waals surface area contributed by atoms with E-state index in [2.05, 4.69) is 44.7 Å². The smallest absolute Gasteiger partial charge is 0.171 e. The molecule has 2 unspecified atom stereocenters. The highest BCUT2D eigenvalue weighted by Gasteiger charge is 2.67. The Balaban J connectivity index is 1.36. The van der Waals surface area contributed by atoms with E-state index in [4.69, 9.17) is 14.2 Å². The lowest BCUT2D eigenvalue weighted by Gasteiger charge is -2.58. The van der Waals surface area contributed by atoms with Crippen molar-refractivity contribution >= 4 is 0 Å². The van der Waals surface area contributed by atoms with Gasteiger partial charge in [0.25, 0.3) is 0 Å². The Morgan fingerprint density at radius 3 is 2.44 bits per heavy atom. The summed E-state index contributed by atoms with van der Waals surface area (Å²) in [4.78, 5) is 0. The van der Waals surface area contributed by atoms with Crippen molar-refractivity contribution in [3.63, 3.8) is 0 Å². The van der Waals surface area contributed by atoms with Crippen molar-refractivity contribution in [3.8, 4) is 0 Å². The van der Waals surface area contributed by atoms with Gasteiger partial charge in [-0.25, -0.2) is 0 Å². The average Bonchev–Trinajstić information content (AvgIpc) is 3.57. The van der Waals surface area contributed by atoms with E-state index in [1.54, 1.807) is 5.57 Å². The van der Waals surface area contributed by atoms with Crippen molar-refractivity contribution in [2.75, 3.05) is 19.8 Å². The second-order valence-electron chi connectivity index (χ2n) is 12.8. The van der Waals surface area contributed by atoms with Crippen molar-refractivity contribution in [2.24, 2.45) is 17.3 Å². The fourth-order valence-corrected chi connectivity index (χ4v) is 9.76. The van der Waals surface area contributed by atoms with Crippen LogP contribution in [-0.4, -0.2) is 41.9 Å². The molecule has 3 saturated carbocycles. The van der Waals surface area contributed by atoms with Crippen LogP contribution >= 0.6 is 0 Å². The predicted molar refractivity (Wildman–Crippen MR) is 140 cm³/mol. The molecule has 0 radical (unpaired) electrons. The van der Waals surface area contributed by atoms with Crippen LogP contribution in [0.4, 0.5) is 0 Å². The van der Waals surface area contributed by atoms with E-state index in [9.17, 15) is 5.11 Å². The molecule has 6 aliphatic rings. The standard InChI is InChI=1S/C32H42O4/c1-4-22-5-7-23(8-6-22)25-19-29(3)26(11-15-32(29)21(2)12-16-36-32)24-9-13-30(33)20-31(34-17-18-35-31)14-10-27(30)28(24)25/h5-8,24-26,33H,2,4,9-20H2,1,3H3/t24?,25-,26?,29+,30-,32-/m1/s1. The molecule has 0 aromatic heterocycles. The van der Waals surface area contributed by atoms with E-state index < -0.39 is 11.4 Å². The Bertz CT molecular complexity index is 1100. The van der Waals surface area contributed by atoms with Gasteiger partial charge in [0, 0.05) is 24.2 Å². The Kier molecular flexibility index (Phi) is 5.27. The maximum absolute atomic E-state index is 12.2. The first-order valence-corrected chi connectivity index (χ1v) is 14.5. The predicted octanol–water partition coefficient (Wildman–Crippen LogP) is 6.23. The molecule has 4 nitrogen and oxygen atoms in total. The van der Waals surface area contributed by atoms with Crippen LogP contribution in [0.5, 0.6) is 0 Å². The summed E-state index contributed by atoms with van der Waals surface area (Å²) in [7, 11) is 0. The van der Waals surface area contributed by atoms with Crippen LogP contribution in [0.2, 0.25) is 0 Å². The quantitative estimate of drug-likeness (QED) is 0.499. The Morgan fingerprint density at radius 1 is 0.972 bits per heavy atom. The largest absolute Gasteiger partial charge is 0.385 e. The molecule has 2 saturated heterocycles. The maximum Gasteiger partial charge on any atom is 0.171 e. The first-order valence-electron chi connectivity index (χ1n) is 14.5. The fraction of sp³-hybridized carbons (Fsp3) is 0.688. The van der Waals surface area contributed by atoms with Crippen LogP contribution in [0.1, 0.15) is 88.7 Å². The van der Waals surface area contributed by atoms with E-state index in [1.165, 1.54) is 28.7 Å². The van der Waals surface area contributed by atoms with E-state index in [-0.39, 0.29) is 11.0 Å². The lowest BCUT2D eigenvalue weighted by Crippen LogP contribution is -2.55. The summed E-state index contributed by atoms with van der Waals surface area (Å²) in [5.74, 6) is 0.821. The molecule has 7 rings (SSSR count). The average molecular weight is 491 g/mol. The van der Waals surface area contributed by atoms with Gasteiger partial charge in [0.05, 0.1) is 31.0 Å². The molecule has 4 aliphatic carbocycles. The first-order chi connectivity index (χ1) is 17.3. The molecule has 0 bridgehead atoms. The second-order valence-corrected chi connectivity index (χ2v) is 12.8. The number of aliphatic hydroxyl groups is 1. The van der Waals surface area contributed by atoms with Crippen LogP contribution < -0.4 is 0 Å². The van der Waals surface area contributed by atoms with Crippen molar-refractivity contribution < 1.29 is 19.3 Å². The lowest BCUT2D eigenvalue weighted by molar-refractivity contribution is -0.208. The second kappa shape index (κ2) is 8.02. The van der Waals surface area contributed by atoms with Crippen molar-refractivity contribution in [3.05, 3.63) is 58.7 Å². The summed E-state index contributed by atoms with van der Waals surface area (Å²) >= 11 is 0. The Hall–Kier alpha value is -1.46. The normalized spacial score (nSPS) is 43.2. The summed E-state index contributed by atoms with van der Waals surface area (Å²) < 4.78 is 18.9. The van der Waals surface area contributed by atoms with Crippen molar-refractivity contribution in [2.45, 2.75) is 101 Å². The van der Waals surface area contributed by atoms with Crippen LogP contribution in [0, 0.1) is 17.3 Å². The van der Waals surface area contributed by atoms with Gasteiger partial charge in [-0.1, -0.05) is 50.3 Å². The van der Waals surface area contributed by atoms with E-state index in [0.717, 1.165) is 58.0 Å². The van der Waals surface area contributed by atoms with Gasteiger partial charge in [-0.3, -0.25) is 0 Å². The van der Waals surface area contributed by atoms with E-state index in [1.807, 2.05) is 0 Å². The summed E-state index contributed by atoms with van der Waals surface area (Å²) in [6.07, 6.45) is 9.60. The third-order valence-corrected chi connectivity index (χ3v) is 11.5. The molecule has 2 spiro atoms. The molecule has 2 heterocycles. The van der Waals surface area contributed by atoms with Gasteiger partial charge in [-0.05, 0) is 85.5 Å². The number of benzene rings is 1. The van der Waals surface area contributed by atoms with Crippen molar-refractivity contribution in [1.29, 1.82) is 0 Å². The van der Waals surface area contributed by atoms with Crippen molar-refractivity contribution in [1.82, 2.24) is 0 Å². The summed E-state index contributed by atoms with van der Waals surface area (Å²) in [6.45, 7) is 11.4. The fourth-order valence-electron chi connectivity index (χ4n) is 9.76. The van der Waals surface area contributed by atoms with Gasteiger partial charge in [-0.2, -0.15) is 0 Å². The number of aryl methyl sites for hydroxylation is 1. The van der Waals surface area contributed by atoms with Gasteiger partial charge < -0.3 is 19.3 Å². The third kappa shape index (κ3) is 3.08. The molecule has 194 valence electrons. The summed E-state index contributed by atoms with van der Waals surface area (Å²) in [6, 6.07) is 9.35. The van der Waals surface area contributed by atoms with Gasteiger partial charge in [0.1, 0.15) is 0 Å². The molecule has 1 N–H and O–H groups in total. The zero-order valence-electron chi connectivity index (χ0n) is 22.1. The zero-order chi connectivity index (χ0) is 24.8.